The molecule has 0 aliphatic heterocycles. The van der Waals surface area contributed by atoms with E-state index in [1.165, 1.54) is 0 Å². The van der Waals surface area contributed by atoms with Crippen LogP contribution < -0.4 is 0 Å². The van der Waals surface area contributed by atoms with Crippen LogP contribution in [0.15, 0.2) is 115 Å². The SMILES string of the molecule is OC1(c2ccccc2-c2cccc(Cl)c2)c2ccccc2-c2ccccc2-c2ccc(Cl)cc21. The second-order valence-electron chi connectivity index (χ2n) is 8.55. The Morgan fingerprint density at radius 3 is 1.65 bits per heavy atom. The minimum absolute atomic E-state index is 0.578. The number of aliphatic hydroxyl groups is 1. The van der Waals surface area contributed by atoms with Gasteiger partial charge in [-0.05, 0) is 57.6 Å². The van der Waals surface area contributed by atoms with Crippen LogP contribution in [0.2, 0.25) is 10.0 Å². The van der Waals surface area contributed by atoms with Crippen LogP contribution in [0.1, 0.15) is 16.7 Å². The predicted molar refractivity (Wildman–Crippen MR) is 141 cm³/mol. The maximum absolute atomic E-state index is 12.9. The largest absolute Gasteiger partial charge is 0.376 e. The lowest BCUT2D eigenvalue weighted by atomic mass is 9.75. The monoisotopic (exact) mass is 478 g/mol. The van der Waals surface area contributed by atoms with Crippen molar-refractivity contribution in [2.24, 2.45) is 0 Å². The maximum atomic E-state index is 12.9. The average Bonchev–Trinajstić information content (AvgIpc) is 2.96. The Kier molecular flexibility index (Phi) is 5.08. The maximum Gasteiger partial charge on any atom is 0.142 e. The summed E-state index contributed by atoms with van der Waals surface area (Å²) in [5, 5.41) is 14.2. The molecule has 1 nitrogen and oxygen atoms in total. The highest BCUT2D eigenvalue weighted by Crippen LogP contribution is 2.52. The van der Waals surface area contributed by atoms with Gasteiger partial charge in [0.2, 0.25) is 0 Å². The molecule has 0 fully saturated rings. The zero-order chi connectivity index (χ0) is 23.3. The summed E-state index contributed by atoms with van der Waals surface area (Å²) in [6, 6.07) is 37.9. The van der Waals surface area contributed by atoms with E-state index in [4.69, 9.17) is 23.2 Å². The molecule has 0 bridgehead atoms. The molecule has 0 radical (unpaired) electrons. The molecule has 1 aliphatic carbocycles. The zero-order valence-electron chi connectivity index (χ0n) is 18.2. The van der Waals surface area contributed by atoms with Gasteiger partial charge in [0.25, 0.3) is 0 Å². The molecule has 3 heteroatoms. The molecule has 34 heavy (non-hydrogen) atoms. The molecule has 1 unspecified atom stereocenters. The molecule has 5 aromatic carbocycles. The summed E-state index contributed by atoms with van der Waals surface area (Å²) in [5.41, 5.74) is 6.86. The summed E-state index contributed by atoms with van der Waals surface area (Å²) in [4.78, 5) is 0. The van der Waals surface area contributed by atoms with Gasteiger partial charge in [-0.3, -0.25) is 0 Å². The standard InChI is InChI=1S/C31H20Cl2O/c32-21-9-7-8-20(18-21)23-10-3-5-14-28(23)31(34)29-15-6-4-13-26(29)24-11-1-2-12-25(24)27-17-16-22(33)19-30(27)31/h1-19,34H. The molecular formula is C31H20Cl2O. The van der Waals surface area contributed by atoms with E-state index >= 15 is 0 Å². The van der Waals surface area contributed by atoms with Crippen LogP contribution in [-0.2, 0) is 5.60 Å². The van der Waals surface area contributed by atoms with E-state index in [-0.39, 0.29) is 0 Å². The number of rotatable bonds is 2. The van der Waals surface area contributed by atoms with Gasteiger partial charge in [-0.2, -0.15) is 0 Å². The predicted octanol–water partition coefficient (Wildman–Crippen LogP) is 8.59. The lowest BCUT2D eigenvalue weighted by Gasteiger charge is -2.33. The van der Waals surface area contributed by atoms with Crippen molar-refractivity contribution in [3.8, 4) is 33.4 Å². The molecule has 0 heterocycles. The lowest BCUT2D eigenvalue weighted by molar-refractivity contribution is 0.128. The third-order valence-electron chi connectivity index (χ3n) is 6.65. The smallest absolute Gasteiger partial charge is 0.142 e. The fourth-order valence-corrected chi connectivity index (χ4v) is 5.54. The van der Waals surface area contributed by atoms with Gasteiger partial charge in [-0.15, -0.1) is 0 Å². The van der Waals surface area contributed by atoms with Gasteiger partial charge in [0.1, 0.15) is 5.60 Å². The van der Waals surface area contributed by atoms with Crippen molar-refractivity contribution in [1.29, 1.82) is 0 Å². The fourth-order valence-electron chi connectivity index (χ4n) is 5.18. The molecule has 0 aromatic heterocycles. The molecule has 0 spiro atoms. The Morgan fingerprint density at radius 2 is 0.971 bits per heavy atom. The van der Waals surface area contributed by atoms with E-state index in [1.807, 2.05) is 97.1 Å². The first-order valence-corrected chi connectivity index (χ1v) is 11.9. The molecule has 5 aromatic rings. The Labute approximate surface area is 208 Å². The van der Waals surface area contributed by atoms with Crippen LogP contribution in [0.4, 0.5) is 0 Å². The van der Waals surface area contributed by atoms with Crippen LogP contribution in [-0.4, -0.2) is 5.11 Å². The van der Waals surface area contributed by atoms with Crippen molar-refractivity contribution in [3.05, 3.63) is 142 Å². The first-order valence-electron chi connectivity index (χ1n) is 11.1. The quantitative estimate of drug-likeness (QED) is 0.269. The van der Waals surface area contributed by atoms with Gasteiger partial charge < -0.3 is 5.11 Å². The van der Waals surface area contributed by atoms with Gasteiger partial charge in [0.15, 0.2) is 0 Å². The minimum atomic E-state index is -1.45. The van der Waals surface area contributed by atoms with Crippen LogP contribution in [0.3, 0.4) is 0 Å². The van der Waals surface area contributed by atoms with Gasteiger partial charge >= 0.3 is 0 Å². The Bertz CT molecular complexity index is 1560. The van der Waals surface area contributed by atoms with Crippen LogP contribution in [0, 0.1) is 0 Å². The first kappa shape index (κ1) is 21.2. The van der Waals surface area contributed by atoms with Crippen molar-refractivity contribution in [2.45, 2.75) is 5.60 Å². The summed E-state index contributed by atoms with van der Waals surface area (Å²) >= 11 is 12.9. The molecule has 0 saturated heterocycles. The molecule has 0 saturated carbocycles. The Balaban J connectivity index is 1.77. The summed E-state index contributed by atoms with van der Waals surface area (Å²) in [6.45, 7) is 0. The second kappa shape index (κ2) is 8.14. The van der Waals surface area contributed by atoms with E-state index < -0.39 is 5.60 Å². The molecule has 0 amide bonds. The minimum Gasteiger partial charge on any atom is -0.376 e. The van der Waals surface area contributed by atoms with Gasteiger partial charge in [-0.1, -0.05) is 114 Å². The number of halogens is 2. The average molecular weight is 479 g/mol. The summed E-state index contributed by atoms with van der Waals surface area (Å²) in [5.74, 6) is 0. The van der Waals surface area contributed by atoms with Crippen molar-refractivity contribution in [3.63, 3.8) is 0 Å². The van der Waals surface area contributed by atoms with Crippen LogP contribution in [0.5, 0.6) is 0 Å². The molecule has 6 rings (SSSR count). The van der Waals surface area contributed by atoms with E-state index in [0.717, 1.165) is 50.1 Å². The zero-order valence-corrected chi connectivity index (χ0v) is 19.7. The molecule has 1 N–H and O–H groups in total. The van der Waals surface area contributed by atoms with Gasteiger partial charge in [0.05, 0.1) is 0 Å². The van der Waals surface area contributed by atoms with Crippen LogP contribution in [0.25, 0.3) is 33.4 Å². The molecule has 1 aliphatic rings. The Hall–Kier alpha value is -3.36. The van der Waals surface area contributed by atoms with Crippen molar-refractivity contribution >= 4 is 23.2 Å². The topological polar surface area (TPSA) is 20.2 Å². The highest BCUT2D eigenvalue weighted by atomic mass is 35.5. The van der Waals surface area contributed by atoms with E-state index in [2.05, 4.69) is 18.2 Å². The van der Waals surface area contributed by atoms with E-state index in [1.54, 1.807) is 0 Å². The van der Waals surface area contributed by atoms with Crippen molar-refractivity contribution in [2.75, 3.05) is 0 Å². The lowest BCUT2D eigenvalue weighted by Crippen LogP contribution is -2.30. The highest BCUT2D eigenvalue weighted by molar-refractivity contribution is 6.31. The Morgan fingerprint density at radius 1 is 0.441 bits per heavy atom. The fraction of sp³-hybridized carbons (Fsp3) is 0.0323. The number of hydrogen-bond donors (Lipinski definition) is 1. The molecular weight excluding hydrogens is 459 g/mol. The highest BCUT2D eigenvalue weighted by Gasteiger charge is 2.42. The normalized spacial score (nSPS) is 16.2. The molecule has 164 valence electrons. The molecule has 1 atom stereocenters. The third kappa shape index (κ3) is 3.20. The number of hydrogen-bond acceptors (Lipinski definition) is 1. The second-order valence-corrected chi connectivity index (χ2v) is 9.42. The number of benzene rings is 5. The summed E-state index contributed by atoms with van der Waals surface area (Å²) < 4.78 is 0. The van der Waals surface area contributed by atoms with Crippen molar-refractivity contribution < 1.29 is 5.11 Å². The summed E-state index contributed by atoms with van der Waals surface area (Å²) in [6.07, 6.45) is 0. The third-order valence-corrected chi connectivity index (χ3v) is 7.12. The first-order chi connectivity index (χ1) is 16.6. The van der Waals surface area contributed by atoms with E-state index in [9.17, 15) is 5.11 Å². The van der Waals surface area contributed by atoms with Crippen LogP contribution >= 0.6 is 23.2 Å². The van der Waals surface area contributed by atoms with Gasteiger partial charge in [0, 0.05) is 26.7 Å². The van der Waals surface area contributed by atoms with Gasteiger partial charge in [-0.25, -0.2) is 0 Å². The summed E-state index contributed by atoms with van der Waals surface area (Å²) in [7, 11) is 0. The van der Waals surface area contributed by atoms with Crippen molar-refractivity contribution in [1.82, 2.24) is 0 Å². The number of fused-ring (bicyclic) bond motifs is 5. The van der Waals surface area contributed by atoms with E-state index in [0.29, 0.717) is 10.0 Å².